The fourth-order valence-corrected chi connectivity index (χ4v) is 1.85. The van der Waals surface area contributed by atoms with Crippen molar-refractivity contribution in [1.29, 1.82) is 0 Å². The summed E-state index contributed by atoms with van der Waals surface area (Å²) in [5.41, 5.74) is 1.26. The molecule has 2 aromatic rings. The Hall–Kier alpha value is -2.70. The van der Waals surface area contributed by atoms with E-state index in [4.69, 9.17) is 4.74 Å². The molecule has 104 valence electrons. The molecule has 1 aromatic carbocycles. The molecule has 0 bridgehead atoms. The van der Waals surface area contributed by atoms with Gasteiger partial charge < -0.3 is 4.74 Å². The Bertz CT molecular complexity index is 636. The molecule has 2 rings (SSSR count). The maximum Gasteiger partial charge on any atom is 0.338 e. The smallest absolute Gasteiger partial charge is 0.338 e. The minimum atomic E-state index is -0.494. The van der Waals surface area contributed by atoms with E-state index in [1.54, 1.807) is 12.1 Å². The van der Waals surface area contributed by atoms with Crippen LogP contribution in [0.5, 0.6) is 0 Å². The summed E-state index contributed by atoms with van der Waals surface area (Å²) in [5.74, 6) is -0.396. The summed E-state index contributed by atoms with van der Waals surface area (Å²) in [6.45, 7) is 0.446. The van der Waals surface area contributed by atoms with Gasteiger partial charge in [-0.15, -0.1) is 0 Å². The molecule has 0 spiro atoms. The first-order valence-corrected chi connectivity index (χ1v) is 5.95. The molecule has 0 saturated carbocycles. The Morgan fingerprint density at radius 3 is 2.85 bits per heavy atom. The van der Waals surface area contributed by atoms with Gasteiger partial charge in [0.25, 0.3) is 0 Å². The Kier molecular flexibility index (Phi) is 4.09. The topological polar surface area (TPSA) is 87.3 Å². The molecule has 1 aromatic heterocycles. The number of esters is 1. The van der Waals surface area contributed by atoms with Gasteiger partial charge in [-0.2, -0.15) is 5.10 Å². The Morgan fingerprint density at radius 1 is 1.45 bits per heavy atom. The second kappa shape index (κ2) is 5.96. The zero-order valence-electron chi connectivity index (χ0n) is 10.9. The van der Waals surface area contributed by atoms with Crippen molar-refractivity contribution in [2.45, 2.75) is 13.0 Å². The summed E-state index contributed by atoms with van der Waals surface area (Å²) in [6, 6.07) is 7.10. The van der Waals surface area contributed by atoms with E-state index in [2.05, 4.69) is 5.10 Å². The van der Waals surface area contributed by atoms with Gasteiger partial charge >= 0.3 is 11.7 Å². The van der Waals surface area contributed by atoms with Crippen molar-refractivity contribution in [2.75, 3.05) is 7.11 Å². The van der Waals surface area contributed by atoms with Crippen LogP contribution in [-0.2, 0) is 17.7 Å². The van der Waals surface area contributed by atoms with Crippen LogP contribution in [0, 0.1) is 10.1 Å². The number of hydrogen-bond donors (Lipinski definition) is 0. The van der Waals surface area contributed by atoms with Gasteiger partial charge in [-0.25, -0.2) is 4.79 Å². The normalized spacial score (nSPS) is 10.2. The number of aryl methyl sites for hydroxylation is 2. The summed E-state index contributed by atoms with van der Waals surface area (Å²) in [4.78, 5) is 21.7. The van der Waals surface area contributed by atoms with Gasteiger partial charge in [0.1, 0.15) is 12.4 Å². The van der Waals surface area contributed by atoms with Crippen molar-refractivity contribution in [3.05, 3.63) is 57.9 Å². The van der Waals surface area contributed by atoms with E-state index in [1.165, 1.54) is 24.2 Å². The molecule has 0 fully saturated rings. The lowest BCUT2D eigenvalue weighted by atomic mass is 10.0. The fourth-order valence-electron chi connectivity index (χ4n) is 1.85. The third kappa shape index (κ3) is 3.00. The highest BCUT2D eigenvalue weighted by molar-refractivity contribution is 5.90. The second-order valence-corrected chi connectivity index (χ2v) is 4.12. The van der Waals surface area contributed by atoms with Crippen molar-refractivity contribution < 1.29 is 14.5 Å². The van der Waals surface area contributed by atoms with Gasteiger partial charge in [0.15, 0.2) is 0 Å². The molecule has 0 aliphatic rings. The van der Waals surface area contributed by atoms with E-state index < -0.39 is 10.9 Å². The average Bonchev–Trinajstić information content (AvgIpc) is 2.93. The lowest BCUT2D eigenvalue weighted by Gasteiger charge is -2.07. The number of benzene rings is 1. The Balaban J connectivity index is 2.10. The maximum atomic E-state index is 11.6. The van der Waals surface area contributed by atoms with Crippen molar-refractivity contribution in [1.82, 2.24) is 9.78 Å². The van der Waals surface area contributed by atoms with Crippen LogP contribution < -0.4 is 0 Å². The van der Waals surface area contributed by atoms with Crippen LogP contribution in [0.1, 0.15) is 15.9 Å². The van der Waals surface area contributed by atoms with Crippen LogP contribution in [0.2, 0.25) is 0 Å². The molecule has 7 heteroatoms. The predicted octanol–water partition coefficient (Wildman–Crippen LogP) is 1.82. The molecule has 0 amide bonds. The number of hydrogen-bond acceptors (Lipinski definition) is 5. The van der Waals surface area contributed by atoms with Crippen molar-refractivity contribution in [2.24, 2.45) is 0 Å². The molecule has 0 N–H and O–H groups in total. The van der Waals surface area contributed by atoms with Crippen molar-refractivity contribution in [3.8, 4) is 0 Å². The maximum absolute atomic E-state index is 11.6. The minimum absolute atomic E-state index is 0.0498. The molecular weight excluding hydrogens is 262 g/mol. The number of rotatable bonds is 5. The van der Waals surface area contributed by atoms with E-state index in [0.717, 1.165) is 5.56 Å². The standard InChI is InChI=1S/C13H13N3O4/c1-20-13(17)12-5-3-2-4-10(12)6-7-15-9-11(8-14-15)16(18)19/h2-5,8-9H,6-7H2,1H3. The first kappa shape index (κ1) is 13.7. The van der Waals surface area contributed by atoms with Gasteiger partial charge in [-0.3, -0.25) is 14.8 Å². The van der Waals surface area contributed by atoms with E-state index in [9.17, 15) is 14.9 Å². The second-order valence-electron chi connectivity index (χ2n) is 4.12. The van der Waals surface area contributed by atoms with Crippen LogP contribution in [-0.4, -0.2) is 27.8 Å². The van der Waals surface area contributed by atoms with Gasteiger partial charge in [-0.05, 0) is 18.1 Å². The summed E-state index contributed by atoms with van der Waals surface area (Å²) in [7, 11) is 1.33. The highest BCUT2D eigenvalue weighted by Crippen LogP contribution is 2.13. The molecule has 0 aliphatic carbocycles. The summed E-state index contributed by atoms with van der Waals surface area (Å²) < 4.78 is 6.19. The number of methoxy groups -OCH3 is 1. The Labute approximate surface area is 114 Å². The molecule has 7 nitrogen and oxygen atoms in total. The highest BCUT2D eigenvalue weighted by Gasteiger charge is 2.12. The van der Waals surface area contributed by atoms with E-state index >= 15 is 0 Å². The van der Waals surface area contributed by atoms with E-state index in [0.29, 0.717) is 18.5 Å². The van der Waals surface area contributed by atoms with Crippen LogP contribution in [0.4, 0.5) is 5.69 Å². The first-order chi connectivity index (χ1) is 9.61. The van der Waals surface area contributed by atoms with Gasteiger partial charge in [0.2, 0.25) is 0 Å². The number of ether oxygens (including phenoxy) is 1. The molecule has 0 atom stereocenters. The van der Waals surface area contributed by atoms with Crippen molar-refractivity contribution >= 4 is 11.7 Å². The molecule has 0 unspecified atom stereocenters. The fraction of sp³-hybridized carbons (Fsp3) is 0.231. The highest BCUT2D eigenvalue weighted by atomic mass is 16.6. The van der Waals surface area contributed by atoms with E-state index in [-0.39, 0.29) is 5.69 Å². The Morgan fingerprint density at radius 2 is 2.20 bits per heavy atom. The average molecular weight is 275 g/mol. The molecule has 0 radical (unpaired) electrons. The summed E-state index contributed by atoms with van der Waals surface area (Å²) >= 11 is 0. The lowest BCUT2D eigenvalue weighted by molar-refractivity contribution is -0.385. The molecular formula is C13H13N3O4. The van der Waals surface area contributed by atoms with Crippen LogP contribution in [0.15, 0.2) is 36.7 Å². The number of aromatic nitrogens is 2. The van der Waals surface area contributed by atoms with Crippen LogP contribution >= 0.6 is 0 Å². The zero-order valence-corrected chi connectivity index (χ0v) is 10.9. The molecule has 0 aliphatic heterocycles. The van der Waals surface area contributed by atoms with Gasteiger partial charge in [-0.1, -0.05) is 18.2 Å². The number of carbonyl (C=O) groups excluding carboxylic acids is 1. The lowest BCUT2D eigenvalue weighted by Crippen LogP contribution is -2.08. The molecule has 20 heavy (non-hydrogen) atoms. The molecule has 1 heterocycles. The first-order valence-electron chi connectivity index (χ1n) is 5.95. The quantitative estimate of drug-likeness (QED) is 0.472. The third-order valence-electron chi connectivity index (χ3n) is 2.86. The van der Waals surface area contributed by atoms with Crippen LogP contribution in [0.25, 0.3) is 0 Å². The zero-order chi connectivity index (χ0) is 14.5. The van der Waals surface area contributed by atoms with Crippen molar-refractivity contribution in [3.63, 3.8) is 0 Å². The number of nitrogens with zero attached hydrogens (tertiary/aromatic N) is 3. The van der Waals surface area contributed by atoms with Crippen LogP contribution in [0.3, 0.4) is 0 Å². The molecule has 0 saturated heterocycles. The number of nitro groups is 1. The van der Waals surface area contributed by atoms with E-state index in [1.807, 2.05) is 12.1 Å². The summed E-state index contributed by atoms with van der Waals surface area (Å²) in [6.07, 6.45) is 3.09. The SMILES string of the molecule is COC(=O)c1ccccc1CCn1cc([N+](=O)[O-])cn1. The third-order valence-corrected chi connectivity index (χ3v) is 2.86. The minimum Gasteiger partial charge on any atom is -0.465 e. The monoisotopic (exact) mass is 275 g/mol. The number of carbonyl (C=O) groups is 1. The van der Waals surface area contributed by atoms with Gasteiger partial charge in [0.05, 0.1) is 17.6 Å². The van der Waals surface area contributed by atoms with Gasteiger partial charge in [0, 0.05) is 6.54 Å². The largest absolute Gasteiger partial charge is 0.465 e. The summed E-state index contributed by atoms with van der Waals surface area (Å²) in [5, 5.41) is 14.5. The predicted molar refractivity (Wildman–Crippen MR) is 70.4 cm³/mol.